The number of halogens is 1. The number of benzene rings is 2. The lowest BCUT2D eigenvalue weighted by Crippen LogP contribution is -2.67. The second-order valence-corrected chi connectivity index (χ2v) is 6.92. The van der Waals surface area contributed by atoms with Gasteiger partial charge in [-0.05, 0) is 30.3 Å². The first kappa shape index (κ1) is 18.6. The Labute approximate surface area is 165 Å². The lowest BCUT2D eigenvalue weighted by molar-refractivity contribution is -0.157. The molecule has 1 fully saturated rings. The van der Waals surface area contributed by atoms with E-state index in [1.165, 1.54) is 29.0 Å². The van der Waals surface area contributed by atoms with Crippen LogP contribution in [0.25, 0.3) is 0 Å². The summed E-state index contributed by atoms with van der Waals surface area (Å²) in [6, 6.07) is 12.2. The number of rotatable bonds is 3. The van der Waals surface area contributed by atoms with Crippen LogP contribution in [0.15, 0.2) is 42.5 Å². The molecule has 146 valence electrons. The SMILES string of the molecule is CN1C(=O)c2ccccc2N2C(=O)CCC12C(=O)OCc1cc(C#N)ccc1F. The van der Waals surface area contributed by atoms with Gasteiger partial charge in [-0.2, -0.15) is 5.26 Å². The van der Waals surface area contributed by atoms with Crippen LogP contribution in [-0.2, 0) is 20.9 Å². The molecule has 0 aromatic heterocycles. The van der Waals surface area contributed by atoms with Crippen LogP contribution in [0, 0.1) is 17.1 Å². The van der Waals surface area contributed by atoms with E-state index in [1.54, 1.807) is 24.3 Å². The molecule has 1 atom stereocenters. The van der Waals surface area contributed by atoms with Gasteiger partial charge in [-0.15, -0.1) is 0 Å². The van der Waals surface area contributed by atoms with Gasteiger partial charge in [0, 0.05) is 25.5 Å². The van der Waals surface area contributed by atoms with Crippen LogP contribution in [-0.4, -0.2) is 35.4 Å². The monoisotopic (exact) mass is 393 g/mol. The lowest BCUT2D eigenvalue weighted by atomic mass is 9.97. The number of nitrogens with zero attached hydrogens (tertiary/aromatic N) is 3. The zero-order valence-electron chi connectivity index (χ0n) is 15.5. The van der Waals surface area contributed by atoms with E-state index in [2.05, 4.69) is 0 Å². The molecule has 2 heterocycles. The molecule has 0 saturated carbocycles. The third-order valence-electron chi connectivity index (χ3n) is 5.40. The summed E-state index contributed by atoms with van der Waals surface area (Å²) >= 11 is 0. The summed E-state index contributed by atoms with van der Waals surface area (Å²) in [6.07, 6.45) is 0.140. The average molecular weight is 393 g/mol. The molecular formula is C21H16FN3O4. The maximum Gasteiger partial charge on any atom is 0.354 e. The fourth-order valence-corrected chi connectivity index (χ4v) is 3.90. The first-order valence-corrected chi connectivity index (χ1v) is 8.96. The highest BCUT2D eigenvalue weighted by Crippen LogP contribution is 2.44. The van der Waals surface area contributed by atoms with Crippen LogP contribution in [0.5, 0.6) is 0 Å². The van der Waals surface area contributed by atoms with E-state index in [0.29, 0.717) is 11.3 Å². The van der Waals surface area contributed by atoms with Crippen LogP contribution in [0.1, 0.15) is 34.3 Å². The smallest absolute Gasteiger partial charge is 0.354 e. The van der Waals surface area contributed by atoms with Gasteiger partial charge in [0.15, 0.2) is 0 Å². The minimum Gasteiger partial charge on any atom is -0.458 e. The maximum atomic E-state index is 14.0. The molecule has 0 spiro atoms. The molecule has 29 heavy (non-hydrogen) atoms. The van der Waals surface area contributed by atoms with Crippen LogP contribution in [0.3, 0.4) is 0 Å². The third-order valence-corrected chi connectivity index (χ3v) is 5.40. The quantitative estimate of drug-likeness (QED) is 0.747. The number of carbonyl (C=O) groups excluding carboxylic acids is 3. The van der Waals surface area contributed by atoms with Gasteiger partial charge in [0.2, 0.25) is 11.6 Å². The standard InChI is InChI=1S/C21H16FN3O4/c1-24-19(27)15-4-2-3-5-17(15)25-18(26)8-9-21(24,25)20(28)29-12-14-10-13(11-23)6-7-16(14)22/h2-7,10H,8-9,12H2,1H3. The molecule has 0 bridgehead atoms. The zero-order chi connectivity index (χ0) is 20.8. The van der Waals surface area contributed by atoms with Crippen LogP contribution in [0.4, 0.5) is 10.1 Å². The van der Waals surface area contributed by atoms with Crippen molar-refractivity contribution in [2.75, 3.05) is 11.9 Å². The summed E-state index contributed by atoms with van der Waals surface area (Å²) in [5.74, 6) is -2.14. The minimum absolute atomic E-state index is 0.0369. The van der Waals surface area contributed by atoms with Gasteiger partial charge in [-0.25, -0.2) is 9.18 Å². The maximum absolute atomic E-state index is 14.0. The second-order valence-electron chi connectivity index (χ2n) is 6.92. The molecule has 1 saturated heterocycles. The summed E-state index contributed by atoms with van der Waals surface area (Å²) in [7, 11) is 1.45. The predicted octanol–water partition coefficient (Wildman–Crippen LogP) is 2.35. The van der Waals surface area contributed by atoms with E-state index >= 15 is 0 Å². The molecule has 7 nitrogen and oxygen atoms in total. The number of nitriles is 1. The molecule has 4 rings (SSSR count). The van der Waals surface area contributed by atoms with Gasteiger partial charge in [0.05, 0.1) is 22.9 Å². The van der Waals surface area contributed by atoms with Crippen molar-refractivity contribution in [3.8, 4) is 6.07 Å². The fourth-order valence-electron chi connectivity index (χ4n) is 3.90. The number of likely N-dealkylation sites (N-methyl/N-ethyl adjacent to an activating group) is 1. The molecule has 0 radical (unpaired) electrons. The molecule has 2 amide bonds. The molecule has 8 heteroatoms. The molecule has 2 aliphatic heterocycles. The number of esters is 1. The van der Waals surface area contributed by atoms with Crippen LogP contribution in [0.2, 0.25) is 0 Å². The largest absolute Gasteiger partial charge is 0.458 e. The summed E-state index contributed by atoms with van der Waals surface area (Å²) in [6.45, 7) is -0.423. The summed E-state index contributed by atoms with van der Waals surface area (Å²) in [5.41, 5.74) is -0.678. The van der Waals surface area contributed by atoms with Crippen molar-refractivity contribution in [2.24, 2.45) is 0 Å². The number of hydrogen-bond acceptors (Lipinski definition) is 5. The van der Waals surface area contributed by atoms with E-state index in [1.807, 2.05) is 6.07 Å². The second kappa shape index (κ2) is 6.71. The molecule has 2 aliphatic rings. The molecule has 0 N–H and O–H groups in total. The van der Waals surface area contributed by atoms with Crippen molar-refractivity contribution >= 4 is 23.5 Å². The highest BCUT2D eigenvalue weighted by Gasteiger charge is 2.60. The Morgan fingerprint density at radius 3 is 2.79 bits per heavy atom. The van der Waals surface area contributed by atoms with Crippen molar-refractivity contribution in [3.63, 3.8) is 0 Å². The first-order chi connectivity index (χ1) is 13.9. The van der Waals surface area contributed by atoms with E-state index in [4.69, 9.17) is 10.00 Å². The topological polar surface area (TPSA) is 90.7 Å². The van der Waals surface area contributed by atoms with Gasteiger partial charge >= 0.3 is 5.97 Å². The summed E-state index contributed by atoms with van der Waals surface area (Å²) in [5, 5.41) is 8.97. The van der Waals surface area contributed by atoms with E-state index in [-0.39, 0.29) is 29.9 Å². The Morgan fingerprint density at radius 1 is 1.28 bits per heavy atom. The predicted molar refractivity (Wildman–Crippen MR) is 98.9 cm³/mol. The van der Waals surface area contributed by atoms with Gasteiger partial charge in [0.25, 0.3) is 5.91 Å². The Bertz CT molecular complexity index is 1090. The minimum atomic E-state index is -1.62. The number of para-hydroxylation sites is 1. The number of ether oxygens (including phenoxy) is 1. The highest BCUT2D eigenvalue weighted by molar-refractivity contribution is 6.15. The van der Waals surface area contributed by atoms with Crippen molar-refractivity contribution in [1.29, 1.82) is 5.26 Å². The normalized spacial score (nSPS) is 20.2. The molecule has 2 aromatic rings. The average Bonchev–Trinajstić information content (AvgIpc) is 3.09. The van der Waals surface area contributed by atoms with Crippen molar-refractivity contribution in [3.05, 3.63) is 65.0 Å². The van der Waals surface area contributed by atoms with Gasteiger partial charge in [-0.1, -0.05) is 12.1 Å². The first-order valence-electron chi connectivity index (χ1n) is 8.96. The van der Waals surface area contributed by atoms with Crippen molar-refractivity contribution in [1.82, 2.24) is 4.90 Å². The number of fused-ring (bicyclic) bond motifs is 3. The van der Waals surface area contributed by atoms with Gasteiger partial charge in [0.1, 0.15) is 12.4 Å². The van der Waals surface area contributed by atoms with Gasteiger partial charge in [-0.3, -0.25) is 14.5 Å². The molecule has 0 aliphatic carbocycles. The number of anilines is 1. The Balaban J connectivity index is 1.69. The van der Waals surface area contributed by atoms with Crippen molar-refractivity contribution < 1.29 is 23.5 Å². The lowest BCUT2D eigenvalue weighted by Gasteiger charge is -2.46. The Kier molecular flexibility index (Phi) is 4.31. The zero-order valence-corrected chi connectivity index (χ0v) is 15.5. The Morgan fingerprint density at radius 2 is 2.03 bits per heavy atom. The number of hydrogen-bond donors (Lipinski definition) is 0. The summed E-state index contributed by atoms with van der Waals surface area (Å²) < 4.78 is 19.4. The van der Waals surface area contributed by atoms with E-state index in [0.717, 1.165) is 6.07 Å². The highest BCUT2D eigenvalue weighted by atomic mass is 19.1. The van der Waals surface area contributed by atoms with Crippen molar-refractivity contribution in [2.45, 2.75) is 25.1 Å². The molecule has 2 aromatic carbocycles. The Hall–Kier alpha value is -3.73. The summed E-state index contributed by atoms with van der Waals surface area (Å²) in [4.78, 5) is 41.2. The van der Waals surface area contributed by atoms with E-state index < -0.39 is 30.0 Å². The number of carbonyl (C=O) groups is 3. The third kappa shape index (κ3) is 2.66. The molecule has 1 unspecified atom stereocenters. The van der Waals surface area contributed by atoms with Crippen LogP contribution >= 0.6 is 0 Å². The van der Waals surface area contributed by atoms with Crippen LogP contribution < -0.4 is 4.90 Å². The fraction of sp³-hybridized carbons (Fsp3) is 0.238. The van der Waals surface area contributed by atoms with E-state index in [9.17, 15) is 18.8 Å². The molecular weight excluding hydrogens is 377 g/mol. The van der Waals surface area contributed by atoms with Gasteiger partial charge < -0.3 is 9.64 Å². The number of amides is 2.